The smallest absolute Gasteiger partial charge is 0.257 e. The van der Waals surface area contributed by atoms with Gasteiger partial charge >= 0.3 is 0 Å². The number of carbonyl (C=O) groups excluding carboxylic acids is 2. The number of amides is 2. The molecule has 0 fully saturated rings. The first-order valence-electron chi connectivity index (χ1n) is 7.69. The molecular weight excluding hydrogens is 330 g/mol. The van der Waals surface area contributed by atoms with E-state index in [4.69, 9.17) is 16.1 Å². The first kappa shape index (κ1) is 18.0. The predicted octanol–water partition coefficient (Wildman–Crippen LogP) is 2.95. The molecule has 0 radical (unpaired) electrons. The van der Waals surface area contributed by atoms with Crippen LogP contribution in [0.5, 0.6) is 0 Å². The number of nitrogens with one attached hydrogen (secondary N) is 2. The van der Waals surface area contributed by atoms with Crippen LogP contribution in [0.4, 0.5) is 0 Å². The van der Waals surface area contributed by atoms with Crippen molar-refractivity contribution < 1.29 is 14.1 Å². The maximum atomic E-state index is 12.4. The summed E-state index contributed by atoms with van der Waals surface area (Å²) in [5.74, 6) is -0.0614. The second kappa shape index (κ2) is 7.97. The fourth-order valence-corrected chi connectivity index (χ4v) is 2.47. The predicted molar refractivity (Wildman–Crippen MR) is 91.9 cm³/mol. The Bertz CT molecular complexity index is 740. The molecule has 2 rings (SSSR count). The molecule has 0 aliphatic rings. The second-order valence-electron chi connectivity index (χ2n) is 5.67. The number of carbonyl (C=O) groups is 2. The number of rotatable bonds is 6. The van der Waals surface area contributed by atoms with Gasteiger partial charge in [-0.3, -0.25) is 9.59 Å². The zero-order chi connectivity index (χ0) is 17.7. The SMILES string of the molecule is Cc1onc(-c2ccccc2Cl)c1C(=O)NCCC(=O)NC(C)C. The Morgan fingerprint density at radius 3 is 2.67 bits per heavy atom. The van der Waals surface area contributed by atoms with Gasteiger partial charge in [-0.1, -0.05) is 35.0 Å². The molecular formula is C17H20ClN3O3. The van der Waals surface area contributed by atoms with E-state index in [-0.39, 0.29) is 30.8 Å². The van der Waals surface area contributed by atoms with Crippen molar-refractivity contribution in [2.24, 2.45) is 0 Å². The van der Waals surface area contributed by atoms with E-state index in [0.717, 1.165) is 0 Å². The van der Waals surface area contributed by atoms with Crippen molar-refractivity contribution in [2.75, 3.05) is 6.54 Å². The third-order valence-corrected chi connectivity index (χ3v) is 3.64. The number of halogens is 1. The van der Waals surface area contributed by atoms with E-state index in [1.807, 2.05) is 19.9 Å². The van der Waals surface area contributed by atoms with E-state index in [9.17, 15) is 9.59 Å². The third-order valence-electron chi connectivity index (χ3n) is 3.31. The molecule has 0 saturated carbocycles. The van der Waals surface area contributed by atoms with Gasteiger partial charge in [0.05, 0.1) is 5.02 Å². The minimum absolute atomic E-state index is 0.0698. The van der Waals surface area contributed by atoms with Gasteiger partial charge in [0.15, 0.2) is 0 Å². The Labute approximate surface area is 145 Å². The van der Waals surface area contributed by atoms with Gasteiger partial charge in [0.1, 0.15) is 17.0 Å². The Kier molecular flexibility index (Phi) is 5.98. The van der Waals surface area contributed by atoms with E-state index < -0.39 is 0 Å². The lowest BCUT2D eigenvalue weighted by molar-refractivity contribution is -0.121. The van der Waals surface area contributed by atoms with Crippen LogP contribution in [0.1, 0.15) is 36.4 Å². The van der Waals surface area contributed by atoms with Gasteiger partial charge in [-0.15, -0.1) is 0 Å². The van der Waals surface area contributed by atoms with Gasteiger partial charge in [0, 0.05) is 24.6 Å². The zero-order valence-electron chi connectivity index (χ0n) is 13.9. The number of benzene rings is 1. The minimum atomic E-state index is -0.346. The summed E-state index contributed by atoms with van der Waals surface area (Å²) in [5, 5.41) is 9.92. The summed E-state index contributed by atoms with van der Waals surface area (Å²) in [4.78, 5) is 24.1. The average Bonchev–Trinajstić information content (AvgIpc) is 2.88. The molecule has 2 aromatic rings. The molecule has 7 heteroatoms. The maximum Gasteiger partial charge on any atom is 0.257 e. The molecule has 1 aromatic carbocycles. The first-order valence-corrected chi connectivity index (χ1v) is 8.06. The monoisotopic (exact) mass is 349 g/mol. The van der Waals surface area contributed by atoms with Gasteiger partial charge in [0.25, 0.3) is 5.91 Å². The van der Waals surface area contributed by atoms with Gasteiger partial charge < -0.3 is 15.2 Å². The summed E-state index contributed by atoms with van der Waals surface area (Å²) >= 11 is 6.17. The fraction of sp³-hybridized carbons (Fsp3) is 0.353. The molecule has 128 valence electrons. The normalized spacial score (nSPS) is 10.7. The number of hydrogen-bond donors (Lipinski definition) is 2. The molecule has 0 spiro atoms. The molecule has 1 heterocycles. The van der Waals surface area contributed by atoms with Crippen molar-refractivity contribution in [3.8, 4) is 11.3 Å². The third kappa shape index (κ3) is 4.35. The molecule has 0 atom stereocenters. The van der Waals surface area contributed by atoms with Crippen LogP contribution in [-0.2, 0) is 4.79 Å². The molecule has 0 aliphatic carbocycles. The number of hydrogen-bond acceptors (Lipinski definition) is 4. The van der Waals surface area contributed by atoms with Crippen molar-refractivity contribution in [1.82, 2.24) is 15.8 Å². The summed E-state index contributed by atoms with van der Waals surface area (Å²) in [5.41, 5.74) is 1.34. The van der Waals surface area contributed by atoms with Crippen LogP contribution in [-0.4, -0.2) is 29.6 Å². The first-order chi connectivity index (χ1) is 11.4. The van der Waals surface area contributed by atoms with Crippen molar-refractivity contribution in [3.63, 3.8) is 0 Å². The molecule has 2 amide bonds. The molecule has 2 N–H and O–H groups in total. The molecule has 6 nitrogen and oxygen atoms in total. The van der Waals surface area contributed by atoms with Crippen LogP contribution in [0.3, 0.4) is 0 Å². The van der Waals surface area contributed by atoms with E-state index in [2.05, 4.69) is 15.8 Å². The zero-order valence-corrected chi connectivity index (χ0v) is 14.6. The number of nitrogens with zero attached hydrogens (tertiary/aromatic N) is 1. The van der Waals surface area contributed by atoms with E-state index in [1.165, 1.54) is 0 Å². The highest BCUT2D eigenvalue weighted by Gasteiger charge is 2.22. The summed E-state index contributed by atoms with van der Waals surface area (Å²) in [6.45, 7) is 5.65. The van der Waals surface area contributed by atoms with Crippen LogP contribution in [0.15, 0.2) is 28.8 Å². The summed E-state index contributed by atoms with van der Waals surface area (Å²) in [7, 11) is 0. The lowest BCUT2D eigenvalue weighted by Gasteiger charge is -2.09. The Morgan fingerprint density at radius 1 is 1.29 bits per heavy atom. The van der Waals surface area contributed by atoms with Crippen LogP contribution < -0.4 is 10.6 Å². The molecule has 0 aliphatic heterocycles. The minimum Gasteiger partial charge on any atom is -0.360 e. The Morgan fingerprint density at radius 2 is 2.00 bits per heavy atom. The quantitative estimate of drug-likeness (QED) is 0.839. The number of aryl methyl sites for hydroxylation is 1. The second-order valence-corrected chi connectivity index (χ2v) is 6.08. The van der Waals surface area contributed by atoms with E-state index >= 15 is 0 Å². The van der Waals surface area contributed by atoms with Crippen LogP contribution in [0, 0.1) is 6.92 Å². The highest BCUT2D eigenvalue weighted by molar-refractivity contribution is 6.33. The maximum absolute atomic E-state index is 12.4. The molecule has 24 heavy (non-hydrogen) atoms. The lowest BCUT2D eigenvalue weighted by Crippen LogP contribution is -2.34. The van der Waals surface area contributed by atoms with Gasteiger partial charge in [0.2, 0.25) is 5.91 Å². The molecule has 0 unspecified atom stereocenters. The van der Waals surface area contributed by atoms with Crippen LogP contribution >= 0.6 is 11.6 Å². The largest absolute Gasteiger partial charge is 0.360 e. The van der Waals surface area contributed by atoms with Gasteiger partial charge in [-0.25, -0.2) is 0 Å². The van der Waals surface area contributed by atoms with E-state index in [0.29, 0.717) is 27.6 Å². The summed E-state index contributed by atoms with van der Waals surface area (Å²) in [6.07, 6.45) is 0.204. The van der Waals surface area contributed by atoms with Crippen molar-refractivity contribution in [1.29, 1.82) is 0 Å². The summed E-state index contributed by atoms with van der Waals surface area (Å²) < 4.78 is 5.16. The lowest BCUT2D eigenvalue weighted by atomic mass is 10.1. The molecule has 0 saturated heterocycles. The fourth-order valence-electron chi connectivity index (χ4n) is 2.25. The van der Waals surface area contributed by atoms with Crippen molar-refractivity contribution in [2.45, 2.75) is 33.2 Å². The van der Waals surface area contributed by atoms with Gasteiger partial charge in [-0.2, -0.15) is 0 Å². The molecule has 0 bridgehead atoms. The van der Waals surface area contributed by atoms with E-state index in [1.54, 1.807) is 25.1 Å². The number of aromatic nitrogens is 1. The highest BCUT2D eigenvalue weighted by Crippen LogP contribution is 2.30. The summed E-state index contributed by atoms with van der Waals surface area (Å²) in [6, 6.07) is 7.17. The standard InChI is InChI=1S/C17H20ClN3O3/c1-10(2)20-14(22)8-9-19-17(23)15-11(3)24-21-16(15)12-6-4-5-7-13(12)18/h4-7,10H,8-9H2,1-3H3,(H,19,23)(H,20,22). The van der Waals surface area contributed by atoms with Crippen LogP contribution in [0.2, 0.25) is 5.02 Å². The van der Waals surface area contributed by atoms with Crippen molar-refractivity contribution >= 4 is 23.4 Å². The topological polar surface area (TPSA) is 84.2 Å². The Hall–Kier alpha value is -2.34. The van der Waals surface area contributed by atoms with Crippen molar-refractivity contribution in [3.05, 3.63) is 40.6 Å². The Balaban J connectivity index is 2.09. The highest BCUT2D eigenvalue weighted by atomic mass is 35.5. The van der Waals surface area contributed by atoms with Gasteiger partial charge in [-0.05, 0) is 26.8 Å². The van der Waals surface area contributed by atoms with Crippen LogP contribution in [0.25, 0.3) is 11.3 Å². The average molecular weight is 350 g/mol. The molecule has 1 aromatic heterocycles.